The highest BCUT2D eigenvalue weighted by Gasteiger charge is 2.24. The normalized spacial score (nSPS) is 17.1. The number of rotatable bonds is 3. The fourth-order valence-corrected chi connectivity index (χ4v) is 3.43. The maximum absolute atomic E-state index is 11.6. The average Bonchev–Trinajstić information content (AvgIpc) is 2.66. The van der Waals surface area contributed by atoms with Gasteiger partial charge in [0.15, 0.2) is 0 Å². The molecule has 0 saturated carbocycles. The lowest BCUT2D eigenvalue weighted by Crippen LogP contribution is -2.13. The molecule has 3 rings (SSSR count). The van der Waals surface area contributed by atoms with Crippen molar-refractivity contribution >= 4 is 39.0 Å². The largest absolute Gasteiger partial charge is 0.265 e. The zero-order valence-corrected chi connectivity index (χ0v) is 14.9. The lowest BCUT2D eigenvalue weighted by molar-refractivity contribution is 0.264. The molecule has 0 aromatic heterocycles. The molecule has 1 aliphatic rings. The Balaban J connectivity index is 2.19. The first kappa shape index (κ1) is 17.2. The van der Waals surface area contributed by atoms with E-state index in [1.165, 1.54) is 6.20 Å². The molecule has 4 nitrogen and oxygen atoms in total. The van der Waals surface area contributed by atoms with Crippen molar-refractivity contribution in [2.75, 3.05) is 6.26 Å². The predicted molar refractivity (Wildman–Crippen MR) is 96.4 cm³/mol. The monoisotopic (exact) mass is 381 g/mol. The summed E-state index contributed by atoms with van der Waals surface area (Å²) in [6.45, 7) is 0. The molecule has 0 amide bonds. The molecule has 0 saturated heterocycles. The predicted octanol–water partition coefficient (Wildman–Crippen LogP) is 4.38. The van der Waals surface area contributed by atoms with Gasteiger partial charge in [-0.1, -0.05) is 47.5 Å². The summed E-state index contributed by atoms with van der Waals surface area (Å²) in [6, 6.07) is 12.4. The van der Waals surface area contributed by atoms with Crippen molar-refractivity contribution in [2.45, 2.75) is 6.10 Å². The zero-order chi connectivity index (χ0) is 17.3. The third-order valence-electron chi connectivity index (χ3n) is 3.45. The van der Waals surface area contributed by atoms with E-state index in [0.717, 1.165) is 11.8 Å². The van der Waals surface area contributed by atoms with Crippen molar-refractivity contribution in [1.82, 2.24) is 0 Å². The minimum absolute atomic E-state index is 0.508. The summed E-state index contributed by atoms with van der Waals surface area (Å²) in [7, 11) is -3.64. The molecule has 24 heavy (non-hydrogen) atoms. The molecule has 2 aromatic rings. The molecule has 0 fully saturated rings. The number of benzene rings is 2. The van der Waals surface area contributed by atoms with E-state index >= 15 is 0 Å². The van der Waals surface area contributed by atoms with Crippen molar-refractivity contribution in [2.24, 2.45) is 4.99 Å². The first-order valence-corrected chi connectivity index (χ1v) is 9.60. The Labute approximate surface area is 150 Å². The van der Waals surface area contributed by atoms with Gasteiger partial charge in [0.05, 0.1) is 12.0 Å². The number of hydrogen-bond donors (Lipinski definition) is 0. The Bertz CT molecular complexity index is 952. The minimum atomic E-state index is -3.64. The van der Waals surface area contributed by atoms with Gasteiger partial charge in [-0.05, 0) is 29.8 Å². The van der Waals surface area contributed by atoms with E-state index < -0.39 is 16.2 Å². The third-order valence-corrected chi connectivity index (χ3v) is 4.57. The van der Waals surface area contributed by atoms with E-state index in [1.807, 2.05) is 18.2 Å². The molecule has 1 heterocycles. The van der Waals surface area contributed by atoms with E-state index in [0.29, 0.717) is 26.9 Å². The summed E-state index contributed by atoms with van der Waals surface area (Å²) in [4.78, 5) is 4.44. The van der Waals surface area contributed by atoms with Gasteiger partial charge in [0.25, 0.3) is 10.1 Å². The molecule has 0 N–H and O–H groups in total. The highest BCUT2D eigenvalue weighted by atomic mass is 35.5. The van der Waals surface area contributed by atoms with Gasteiger partial charge in [-0.2, -0.15) is 8.42 Å². The fraction of sp³-hybridized carbons (Fsp3) is 0.118. The Morgan fingerprint density at radius 1 is 1.08 bits per heavy atom. The topological polar surface area (TPSA) is 55.7 Å². The molecular formula is C17H13Cl2NO3S. The number of aliphatic imine (C=N–C) groups is 1. The van der Waals surface area contributed by atoms with Crippen LogP contribution in [0.1, 0.15) is 22.8 Å². The van der Waals surface area contributed by atoms with Crippen molar-refractivity contribution in [3.8, 4) is 0 Å². The maximum atomic E-state index is 11.6. The number of nitrogens with zero attached hydrogens (tertiary/aromatic N) is 1. The third kappa shape index (κ3) is 3.70. The van der Waals surface area contributed by atoms with Gasteiger partial charge in [0.1, 0.15) is 6.10 Å². The quantitative estimate of drug-likeness (QED) is 0.741. The number of fused-ring (bicyclic) bond motifs is 1. The van der Waals surface area contributed by atoms with Crippen LogP contribution in [-0.2, 0) is 14.3 Å². The lowest BCUT2D eigenvalue weighted by atomic mass is 9.95. The van der Waals surface area contributed by atoms with Gasteiger partial charge < -0.3 is 0 Å². The maximum Gasteiger partial charge on any atom is 0.265 e. The summed E-state index contributed by atoms with van der Waals surface area (Å²) >= 11 is 12.4. The van der Waals surface area contributed by atoms with Crippen LogP contribution in [0.5, 0.6) is 0 Å². The van der Waals surface area contributed by atoms with Crippen molar-refractivity contribution in [1.29, 1.82) is 0 Å². The van der Waals surface area contributed by atoms with Crippen LogP contribution in [0.4, 0.5) is 0 Å². The van der Waals surface area contributed by atoms with E-state index in [-0.39, 0.29) is 0 Å². The lowest BCUT2D eigenvalue weighted by Gasteiger charge is -2.17. The Kier molecular flexibility index (Phi) is 4.78. The van der Waals surface area contributed by atoms with Gasteiger partial charge in [0, 0.05) is 27.4 Å². The smallest absolute Gasteiger partial charge is 0.258 e. The number of hydrogen-bond acceptors (Lipinski definition) is 4. The van der Waals surface area contributed by atoms with E-state index in [9.17, 15) is 8.42 Å². The van der Waals surface area contributed by atoms with Gasteiger partial charge >= 0.3 is 0 Å². The van der Waals surface area contributed by atoms with Crippen LogP contribution in [0, 0.1) is 0 Å². The van der Waals surface area contributed by atoms with E-state index in [4.69, 9.17) is 27.4 Å². The highest BCUT2D eigenvalue weighted by Crippen LogP contribution is 2.32. The second-order valence-corrected chi connectivity index (χ2v) is 7.70. The molecule has 1 unspecified atom stereocenters. The molecule has 2 aromatic carbocycles. The van der Waals surface area contributed by atoms with Crippen molar-refractivity contribution in [3.05, 3.63) is 81.5 Å². The molecule has 0 radical (unpaired) electrons. The highest BCUT2D eigenvalue weighted by molar-refractivity contribution is 7.86. The summed E-state index contributed by atoms with van der Waals surface area (Å²) in [5.74, 6) is 0. The van der Waals surface area contributed by atoms with Crippen LogP contribution in [0.15, 0.2) is 59.7 Å². The SMILES string of the molecule is CS(=O)(=O)OC1C=CN=C(c2ccccc2Cl)c2cc(Cl)ccc21. The minimum Gasteiger partial charge on any atom is -0.258 e. The van der Waals surface area contributed by atoms with Crippen molar-refractivity contribution < 1.29 is 12.6 Å². The number of halogens is 2. The second kappa shape index (κ2) is 6.69. The molecule has 0 bridgehead atoms. The average molecular weight is 382 g/mol. The second-order valence-electron chi connectivity index (χ2n) is 5.25. The van der Waals surface area contributed by atoms with Crippen molar-refractivity contribution in [3.63, 3.8) is 0 Å². The Morgan fingerprint density at radius 3 is 2.54 bits per heavy atom. The Morgan fingerprint density at radius 2 is 1.83 bits per heavy atom. The molecular weight excluding hydrogens is 369 g/mol. The summed E-state index contributed by atoms with van der Waals surface area (Å²) in [5.41, 5.74) is 2.66. The first-order valence-electron chi connectivity index (χ1n) is 7.02. The Hall–Kier alpha value is -1.66. The van der Waals surface area contributed by atoms with Crippen LogP contribution in [0.2, 0.25) is 10.0 Å². The van der Waals surface area contributed by atoms with Crippen LogP contribution in [-0.4, -0.2) is 20.4 Å². The van der Waals surface area contributed by atoms with E-state index in [2.05, 4.69) is 4.99 Å². The summed E-state index contributed by atoms with van der Waals surface area (Å²) in [6.07, 6.45) is 3.33. The standard InChI is InChI=1S/C17H13Cl2NO3S/c1-24(21,22)23-16-8-9-20-17(13-4-2-3-5-15(13)19)14-10-11(18)6-7-12(14)16/h2-10,16H,1H3. The fourth-order valence-electron chi connectivity index (χ4n) is 2.49. The molecule has 0 spiro atoms. The summed E-state index contributed by atoms with van der Waals surface area (Å²) < 4.78 is 28.3. The molecule has 7 heteroatoms. The molecule has 1 aliphatic heterocycles. The van der Waals surface area contributed by atoms with Crippen LogP contribution in [0.25, 0.3) is 0 Å². The van der Waals surface area contributed by atoms with Gasteiger partial charge in [0.2, 0.25) is 0 Å². The van der Waals surface area contributed by atoms with Crippen LogP contribution in [0.3, 0.4) is 0 Å². The van der Waals surface area contributed by atoms with Gasteiger partial charge in [-0.25, -0.2) is 0 Å². The van der Waals surface area contributed by atoms with E-state index in [1.54, 1.807) is 30.3 Å². The zero-order valence-electron chi connectivity index (χ0n) is 12.6. The molecule has 0 aliphatic carbocycles. The first-order chi connectivity index (χ1) is 11.3. The van der Waals surface area contributed by atoms with Gasteiger partial charge in [-0.15, -0.1) is 0 Å². The molecule has 1 atom stereocenters. The molecule has 124 valence electrons. The van der Waals surface area contributed by atoms with Crippen LogP contribution < -0.4 is 0 Å². The van der Waals surface area contributed by atoms with Crippen LogP contribution >= 0.6 is 23.2 Å². The van der Waals surface area contributed by atoms with Gasteiger partial charge in [-0.3, -0.25) is 9.18 Å². The summed E-state index contributed by atoms with van der Waals surface area (Å²) in [5, 5.41) is 1.05.